The van der Waals surface area contributed by atoms with Gasteiger partial charge in [-0.05, 0) is 26.0 Å². The summed E-state index contributed by atoms with van der Waals surface area (Å²) in [5, 5.41) is 18.3. The van der Waals surface area contributed by atoms with Gasteiger partial charge in [0.1, 0.15) is 18.0 Å². The fourth-order valence-corrected chi connectivity index (χ4v) is 0.919. The van der Waals surface area contributed by atoms with Crippen LogP contribution in [0.2, 0.25) is 0 Å². The van der Waals surface area contributed by atoms with E-state index in [1.165, 1.54) is 6.92 Å². The normalized spacial score (nSPS) is 14.9. The van der Waals surface area contributed by atoms with Crippen LogP contribution in [0.3, 0.4) is 0 Å². The second-order valence-electron chi connectivity index (χ2n) is 3.76. The van der Waals surface area contributed by atoms with Crippen molar-refractivity contribution >= 4 is 0 Å². The first-order chi connectivity index (χ1) is 6.53. The predicted octanol–water partition coefficient (Wildman–Crippen LogP) is 1.12. The Kier molecular flexibility index (Phi) is 3.49. The SMILES string of the molecule is Cc1ccc(OCC(C)(O)CO)cc1. The summed E-state index contributed by atoms with van der Waals surface area (Å²) >= 11 is 0. The number of ether oxygens (including phenoxy) is 1. The van der Waals surface area contributed by atoms with E-state index in [0.717, 1.165) is 5.56 Å². The molecule has 2 N–H and O–H groups in total. The van der Waals surface area contributed by atoms with Gasteiger partial charge in [0.2, 0.25) is 0 Å². The molecule has 1 atom stereocenters. The molecule has 1 rings (SSSR count). The summed E-state index contributed by atoms with van der Waals surface area (Å²) in [5.41, 5.74) is -0.0171. The Morgan fingerprint density at radius 2 is 1.86 bits per heavy atom. The van der Waals surface area contributed by atoms with Gasteiger partial charge in [-0.1, -0.05) is 17.7 Å². The Morgan fingerprint density at radius 1 is 1.29 bits per heavy atom. The molecule has 3 heteroatoms. The van der Waals surface area contributed by atoms with Crippen molar-refractivity contribution in [2.75, 3.05) is 13.2 Å². The lowest BCUT2D eigenvalue weighted by molar-refractivity contribution is -0.0325. The zero-order valence-corrected chi connectivity index (χ0v) is 8.53. The molecule has 0 saturated heterocycles. The van der Waals surface area contributed by atoms with Gasteiger partial charge in [0, 0.05) is 0 Å². The molecule has 1 unspecified atom stereocenters. The maximum atomic E-state index is 9.46. The first kappa shape index (κ1) is 11.0. The van der Waals surface area contributed by atoms with E-state index in [1.807, 2.05) is 31.2 Å². The standard InChI is InChI=1S/C11H16O3/c1-9-3-5-10(6-4-9)14-8-11(2,13)7-12/h3-6,12-13H,7-8H2,1-2H3. The number of hydrogen-bond donors (Lipinski definition) is 2. The van der Waals surface area contributed by atoms with Crippen molar-refractivity contribution in [2.24, 2.45) is 0 Å². The molecule has 0 aromatic heterocycles. The van der Waals surface area contributed by atoms with Gasteiger partial charge in [-0.2, -0.15) is 0 Å². The molecule has 0 fully saturated rings. The Balaban J connectivity index is 2.50. The van der Waals surface area contributed by atoms with Crippen LogP contribution >= 0.6 is 0 Å². The molecule has 0 aliphatic heterocycles. The molecule has 0 aliphatic rings. The summed E-state index contributed by atoms with van der Waals surface area (Å²) in [7, 11) is 0. The number of benzene rings is 1. The first-order valence-corrected chi connectivity index (χ1v) is 4.56. The maximum Gasteiger partial charge on any atom is 0.119 e. The molecule has 78 valence electrons. The van der Waals surface area contributed by atoms with Crippen molar-refractivity contribution < 1.29 is 14.9 Å². The van der Waals surface area contributed by atoms with Gasteiger partial charge in [-0.3, -0.25) is 0 Å². The lowest BCUT2D eigenvalue weighted by Gasteiger charge is -2.20. The Bertz CT molecular complexity index is 277. The summed E-state index contributed by atoms with van der Waals surface area (Å²) < 4.78 is 5.31. The van der Waals surface area contributed by atoms with E-state index in [0.29, 0.717) is 5.75 Å². The van der Waals surface area contributed by atoms with Crippen molar-refractivity contribution in [2.45, 2.75) is 19.4 Å². The van der Waals surface area contributed by atoms with Gasteiger partial charge in [-0.15, -0.1) is 0 Å². The molecule has 14 heavy (non-hydrogen) atoms. The second kappa shape index (κ2) is 4.44. The Morgan fingerprint density at radius 3 is 2.36 bits per heavy atom. The van der Waals surface area contributed by atoms with Crippen LogP contribution in [0.15, 0.2) is 24.3 Å². The van der Waals surface area contributed by atoms with Crippen molar-refractivity contribution in [3.05, 3.63) is 29.8 Å². The van der Waals surface area contributed by atoms with Gasteiger partial charge >= 0.3 is 0 Å². The molecule has 0 saturated carbocycles. The van der Waals surface area contributed by atoms with E-state index in [2.05, 4.69) is 0 Å². The van der Waals surface area contributed by atoms with Crippen LogP contribution in [0, 0.1) is 6.92 Å². The van der Waals surface area contributed by atoms with E-state index in [9.17, 15) is 5.11 Å². The first-order valence-electron chi connectivity index (χ1n) is 4.56. The number of rotatable bonds is 4. The number of hydrogen-bond acceptors (Lipinski definition) is 3. The molecule has 0 spiro atoms. The molecular formula is C11H16O3. The van der Waals surface area contributed by atoms with Crippen molar-refractivity contribution in [1.82, 2.24) is 0 Å². The quantitative estimate of drug-likeness (QED) is 0.758. The average Bonchev–Trinajstić information content (AvgIpc) is 2.17. The van der Waals surface area contributed by atoms with Gasteiger partial charge in [0.25, 0.3) is 0 Å². The largest absolute Gasteiger partial charge is 0.491 e. The third kappa shape index (κ3) is 3.36. The minimum Gasteiger partial charge on any atom is -0.491 e. The molecule has 1 aromatic rings. The molecule has 0 bridgehead atoms. The highest BCUT2D eigenvalue weighted by atomic mass is 16.5. The van der Waals surface area contributed by atoms with Gasteiger partial charge in [0.05, 0.1) is 6.61 Å². The molecule has 3 nitrogen and oxygen atoms in total. The van der Waals surface area contributed by atoms with Crippen LogP contribution in [-0.2, 0) is 0 Å². The Hall–Kier alpha value is -1.06. The van der Waals surface area contributed by atoms with Crippen LogP contribution < -0.4 is 4.74 Å². The molecule has 1 aromatic carbocycles. The highest BCUT2D eigenvalue weighted by Gasteiger charge is 2.19. The lowest BCUT2D eigenvalue weighted by atomic mass is 10.1. The van der Waals surface area contributed by atoms with Crippen molar-refractivity contribution in [3.63, 3.8) is 0 Å². The molecule has 0 heterocycles. The van der Waals surface area contributed by atoms with E-state index in [4.69, 9.17) is 9.84 Å². The fourth-order valence-electron chi connectivity index (χ4n) is 0.919. The molecule has 0 amide bonds. The third-order valence-electron chi connectivity index (χ3n) is 1.91. The summed E-state index contributed by atoms with van der Waals surface area (Å²) in [6, 6.07) is 7.54. The third-order valence-corrected chi connectivity index (χ3v) is 1.91. The van der Waals surface area contributed by atoms with Crippen LogP contribution in [0.1, 0.15) is 12.5 Å². The minimum atomic E-state index is -1.18. The topological polar surface area (TPSA) is 49.7 Å². The summed E-state index contributed by atoms with van der Waals surface area (Å²) in [5.74, 6) is 0.698. The van der Waals surface area contributed by atoms with E-state index < -0.39 is 5.60 Å². The van der Waals surface area contributed by atoms with Gasteiger partial charge in [-0.25, -0.2) is 0 Å². The highest BCUT2D eigenvalue weighted by molar-refractivity contribution is 5.26. The van der Waals surface area contributed by atoms with Crippen molar-refractivity contribution in [3.8, 4) is 5.75 Å². The summed E-state index contributed by atoms with van der Waals surface area (Å²) in [4.78, 5) is 0. The average molecular weight is 196 g/mol. The van der Waals surface area contributed by atoms with Gasteiger partial charge < -0.3 is 14.9 Å². The van der Waals surface area contributed by atoms with Gasteiger partial charge in [0.15, 0.2) is 0 Å². The van der Waals surface area contributed by atoms with Crippen LogP contribution in [-0.4, -0.2) is 29.0 Å². The number of aryl methyl sites for hydroxylation is 1. The lowest BCUT2D eigenvalue weighted by Crippen LogP contribution is -2.36. The highest BCUT2D eigenvalue weighted by Crippen LogP contribution is 2.13. The summed E-state index contributed by atoms with van der Waals surface area (Å²) in [6.45, 7) is 3.31. The minimum absolute atomic E-state index is 0.0898. The summed E-state index contributed by atoms with van der Waals surface area (Å²) in [6.07, 6.45) is 0. The van der Waals surface area contributed by atoms with Crippen molar-refractivity contribution in [1.29, 1.82) is 0 Å². The smallest absolute Gasteiger partial charge is 0.119 e. The van der Waals surface area contributed by atoms with Crippen LogP contribution in [0.25, 0.3) is 0 Å². The fraction of sp³-hybridized carbons (Fsp3) is 0.455. The number of aliphatic hydroxyl groups is 2. The Labute approximate surface area is 84.0 Å². The van der Waals surface area contributed by atoms with Crippen LogP contribution in [0.5, 0.6) is 5.75 Å². The number of aliphatic hydroxyl groups excluding tert-OH is 1. The van der Waals surface area contributed by atoms with E-state index >= 15 is 0 Å². The van der Waals surface area contributed by atoms with Crippen LogP contribution in [0.4, 0.5) is 0 Å². The van der Waals surface area contributed by atoms with E-state index in [-0.39, 0.29) is 13.2 Å². The zero-order chi connectivity index (χ0) is 10.6. The molecule has 0 aliphatic carbocycles. The zero-order valence-electron chi connectivity index (χ0n) is 8.53. The maximum absolute atomic E-state index is 9.46. The second-order valence-corrected chi connectivity index (χ2v) is 3.76. The van der Waals surface area contributed by atoms with E-state index in [1.54, 1.807) is 0 Å². The predicted molar refractivity (Wildman–Crippen MR) is 54.4 cm³/mol. The molecule has 0 radical (unpaired) electrons. The monoisotopic (exact) mass is 196 g/mol. The molecular weight excluding hydrogens is 180 g/mol.